The highest BCUT2D eigenvalue weighted by Crippen LogP contribution is 2.37. The molecule has 1 aliphatic carbocycles. The van der Waals surface area contributed by atoms with Gasteiger partial charge in [-0.15, -0.1) is 0 Å². The second-order valence-electron chi connectivity index (χ2n) is 7.39. The molecule has 1 amide bonds. The van der Waals surface area contributed by atoms with Gasteiger partial charge >= 0.3 is 0 Å². The van der Waals surface area contributed by atoms with E-state index in [-0.39, 0.29) is 11.9 Å². The SMILES string of the molecule is NC1CCC2CN(C(=O)CCCOc3cccc4ccccc34)CC12. The molecule has 4 rings (SSSR count). The minimum Gasteiger partial charge on any atom is -0.493 e. The maximum atomic E-state index is 12.4. The van der Waals surface area contributed by atoms with Gasteiger partial charge in [-0.05, 0) is 42.6 Å². The van der Waals surface area contributed by atoms with E-state index in [1.165, 1.54) is 11.8 Å². The zero-order valence-electron chi connectivity index (χ0n) is 14.6. The molecule has 2 aromatic rings. The second kappa shape index (κ2) is 7.04. The fraction of sp³-hybridized carbons (Fsp3) is 0.476. The molecule has 1 heterocycles. The summed E-state index contributed by atoms with van der Waals surface area (Å²) in [6.07, 6.45) is 3.61. The Hall–Kier alpha value is -2.07. The zero-order chi connectivity index (χ0) is 17.2. The van der Waals surface area contributed by atoms with Crippen LogP contribution in [-0.4, -0.2) is 36.5 Å². The Balaban J connectivity index is 1.26. The van der Waals surface area contributed by atoms with Crippen LogP contribution in [0.3, 0.4) is 0 Å². The predicted octanol–water partition coefficient (Wildman–Crippen LogP) is 3.19. The Morgan fingerprint density at radius 1 is 1.12 bits per heavy atom. The monoisotopic (exact) mass is 338 g/mol. The van der Waals surface area contributed by atoms with Crippen molar-refractivity contribution >= 4 is 16.7 Å². The summed E-state index contributed by atoms with van der Waals surface area (Å²) in [5.41, 5.74) is 6.16. The number of hydrogen-bond donors (Lipinski definition) is 1. The second-order valence-corrected chi connectivity index (χ2v) is 7.39. The Morgan fingerprint density at radius 2 is 1.96 bits per heavy atom. The molecule has 0 aromatic heterocycles. The van der Waals surface area contributed by atoms with Crippen molar-refractivity contribution in [1.82, 2.24) is 4.90 Å². The molecule has 3 atom stereocenters. The smallest absolute Gasteiger partial charge is 0.222 e. The van der Waals surface area contributed by atoms with Crippen LogP contribution < -0.4 is 10.5 Å². The molecule has 2 N–H and O–H groups in total. The van der Waals surface area contributed by atoms with Crippen molar-refractivity contribution in [3.8, 4) is 5.75 Å². The minimum atomic E-state index is 0.253. The molecular weight excluding hydrogens is 312 g/mol. The van der Waals surface area contributed by atoms with E-state index in [1.54, 1.807) is 0 Å². The van der Waals surface area contributed by atoms with Crippen LogP contribution in [0.1, 0.15) is 25.7 Å². The first-order chi connectivity index (χ1) is 12.2. The van der Waals surface area contributed by atoms with E-state index in [2.05, 4.69) is 18.2 Å². The van der Waals surface area contributed by atoms with Gasteiger partial charge in [0.2, 0.25) is 5.91 Å². The van der Waals surface area contributed by atoms with Crippen LogP contribution in [0.25, 0.3) is 10.8 Å². The first-order valence-electron chi connectivity index (χ1n) is 9.36. The standard InChI is InChI=1S/C21H26N2O2/c22-19-11-10-16-13-23(14-18(16)19)21(24)9-4-12-25-20-8-3-6-15-5-1-2-7-17(15)20/h1-3,5-8,16,18-19H,4,9-14,22H2. The van der Waals surface area contributed by atoms with Crippen LogP contribution in [-0.2, 0) is 4.79 Å². The number of nitrogens with two attached hydrogens (primary N) is 1. The Morgan fingerprint density at radius 3 is 2.84 bits per heavy atom. The Labute approximate surface area is 148 Å². The summed E-state index contributed by atoms with van der Waals surface area (Å²) in [4.78, 5) is 14.5. The van der Waals surface area contributed by atoms with Gasteiger partial charge < -0.3 is 15.4 Å². The van der Waals surface area contributed by atoms with Crippen LogP contribution >= 0.6 is 0 Å². The quantitative estimate of drug-likeness (QED) is 0.852. The van der Waals surface area contributed by atoms with Crippen molar-refractivity contribution in [2.24, 2.45) is 17.6 Å². The van der Waals surface area contributed by atoms with E-state index in [1.807, 2.05) is 29.2 Å². The van der Waals surface area contributed by atoms with E-state index < -0.39 is 0 Å². The average molecular weight is 338 g/mol. The topological polar surface area (TPSA) is 55.6 Å². The van der Waals surface area contributed by atoms with Crippen molar-refractivity contribution in [1.29, 1.82) is 0 Å². The summed E-state index contributed by atoms with van der Waals surface area (Å²) in [6.45, 7) is 2.33. The van der Waals surface area contributed by atoms with Gasteiger partial charge in [-0.1, -0.05) is 36.4 Å². The molecule has 2 aromatic carbocycles. The lowest BCUT2D eigenvalue weighted by molar-refractivity contribution is -0.130. The van der Waals surface area contributed by atoms with Gasteiger partial charge in [-0.2, -0.15) is 0 Å². The summed E-state index contributed by atoms with van der Waals surface area (Å²) < 4.78 is 5.93. The van der Waals surface area contributed by atoms with Gasteiger partial charge in [-0.25, -0.2) is 0 Å². The number of nitrogens with zero attached hydrogens (tertiary/aromatic N) is 1. The molecule has 3 unspecified atom stereocenters. The average Bonchev–Trinajstić information content (AvgIpc) is 3.21. The number of benzene rings is 2. The maximum absolute atomic E-state index is 12.4. The third kappa shape index (κ3) is 3.36. The molecule has 2 aliphatic rings. The van der Waals surface area contributed by atoms with E-state index in [4.69, 9.17) is 10.5 Å². The fourth-order valence-electron chi connectivity index (χ4n) is 4.40. The van der Waals surface area contributed by atoms with E-state index in [0.717, 1.165) is 37.1 Å². The van der Waals surface area contributed by atoms with Crippen molar-refractivity contribution in [2.75, 3.05) is 19.7 Å². The van der Waals surface area contributed by atoms with Crippen LogP contribution in [0.5, 0.6) is 5.75 Å². The normalized spacial score (nSPS) is 25.3. The van der Waals surface area contributed by atoms with Crippen LogP contribution in [0, 0.1) is 11.8 Å². The van der Waals surface area contributed by atoms with Crippen LogP contribution in [0.15, 0.2) is 42.5 Å². The third-order valence-electron chi connectivity index (χ3n) is 5.81. The molecule has 4 heteroatoms. The molecule has 1 aliphatic heterocycles. The number of carbonyl (C=O) groups is 1. The minimum absolute atomic E-state index is 0.253. The number of carbonyl (C=O) groups excluding carboxylic acids is 1. The zero-order valence-corrected chi connectivity index (χ0v) is 14.6. The van der Waals surface area contributed by atoms with Crippen molar-refractivity contribution < 1.29 is 9.53 Å². The summed E-state index contributed by atoms with van der Waals surface area (Å²) in [6, 6.07) is 14.6. The van der Waals surface area contributed by atoms with Crippen molar-refractivity contribution in [2.45, 2.75) is 31.7 Å². The first-order valence-corrected chi connectivity index (χ1v) is 9.36. The number of rotatable bonds is 5. The summed E-state index contributed by atoms with van der Waals surface area (Å²) in [5.74, 6) is 2.30. The molecule has 132 valence electrons. The lowest BCUT2D eigenvalue weighted by Gasteiger charge is -2.19. The van der Waals surface area contributed by atoms with E-state index >= 15 is 0 Å². The molecule has 1 saturated carbocycles. The highest BCUT2D eigenvalue weighted by atomic mass is 16.5. The largest absolute Gasteiger partial charge is 0.493 e. The molecule has 0 bridgehead atoms. The molecule has 0 radical (unpaired) electrons. The highest BCUT2D eigenvalue weighted by Gasteiger charge is 2.42. The summed E-state index contributed by atoms with van der Waals surface area (Å²) in [7, 11) is 0. The van der Waals surface area contributed by atoms with Crippen LogP contribution in [0.2, 0.25) is 0 Å². The van der Waals surface area contributed by atoms with Gasteiger partial charge in [-0.3, -0.25) is 4.79 Å². The molecule has 0 spiro atoms. The van der Waals surface area contributed by atoms with E-state index in [0.29, 0.717) is 24.9 Å². The molecular formula is C21H26N2O2. The fourth-order valence-corrected chi connectivity index (χ4v) is 4.40. The van der Waals surface area contributed by atoms with Gasteiger partial charge in [0.15, 0.2) is 0 Å². The molecule has 2 fully saturated rings. The Kier molecular flexibility index (Phi) is 4.62. The predicted molar refractivity (Wildman–Crippen MR) is 99.4 cm³/mol. The lowest BCUT2D eigenvalue weighted by Crippen LogP contribution is -2.33. The molecule has 25 heavy (non-hydrogen) atoms. The highest BCUT2D eigenvalue weighted by molar-refractivity contribution is 5.88. The number of amides is 1. The number of likely N-dealkylation sites (tertiary alicyclic amines) is 1. The van der Waals surface area contributed by atoms with E-state index in [9.17, 15) is 4.79 Å². The van der Waals surface area contributed by atoms with Gasteiger partial charge in [0.05, 0.1) is 6.61 Å². The van der Waals surface area contributed by atoms with Crippen LogP contribution in [0.4, 0.5) is 0 Å². The molecule has 4 nitrogen and oxygen atoms in total. The Bertz CT molecular complexity index is 755. The van der Waals surface area contributed by atoms with Gasteiger partial charge in [0.25, 0.3) is 0 Å². The number of fused-ring (bicyclic) bond motifs is 2. The van der Waals surface area contributed by atoms with Crippen molar-refractivity contribution in [3.63, 3.8) is 0 Å². The number of ether oxygens (including phenoxy) is 1. The lowest BCUT2D eigenvalue weighted by atomic mass is 9.98. The van der Waals surface area contributed by atoms with Gasteiger partial charge in [0, 0.05) is 30.9 Å². The molecule has 1 saturated heterocycles. The van der Waals surface area contributed by atoms with Crippen molar-refractivity contribution in [3.05, 3.63) is 42.5 Å². The third-order valence-corrected chi connectivity index (χ3v) is 5.81. The maximum Gasteiger partial charge on any atom is 0.222 e. The summed E-state index contributed by atoms with van der Waals surface area (Å²) in [5, 5.41) is 2.30. The summed E-state index contributed by atoms with van der Waals surface area (Å²) >= 11 is 0. The van der Waals surface area contributed by atoms with Gasteiger partial charge in [0.1, 0.15) is 5.75 Å². The number of hydrogen-bond acceptors (Lipinski definition) is 3. The first kappa shape index (κ1) is 16.4.